The fraction of sp³-hybridized carbons (Fsp3) is 0.588. The van der Waals surface area contributed by atoms with Crippen LogP contribution >= 0.6 is 0 Å². The average Bonchev–Trinajstić information content (AvgIpc) is 3.27. The molecule has 2 atom stereocenters. The molecule has 0 radical (unpaired) electrons. The van der Waals surface area contributed by atoms with Crippen molar-refractivity contribution in [2.75, 3.05) is 0 Å². The molecule has 3 nitrogen and oxygen atoms in total. The highest BCUT2D eigenvalue weighted by Gasteiger charge is 2.34. The topological polar surface area (TPSA) is 40.5 Å². The molecule has 1 N–H and O–H groups in total. The summed E-state index contributed by atoms with van der Waals surface area (Å²) >= 11 is 0. The quantitative estimate of drug-likeness (QED) is 0.831. The van der Waals surface area contributed by atoms with Crippen molar-refractivity contribution in [2.45, 2.75) is 58.2 Å². The molecule has 20 heavy (non-hydrogen) atoms. The van der Waals surface area contributed by atoms with E-state index in [1.807, 2.05) is 23.1 Å². The largest absolute Gasteiger partial charge is 0.393 e. The summed E-state index contributed by atoms with van der Waals surface area (Å²) in [6.45, 7) is 4.57. The van der Waals surface area contributed by atoms with Crippen LogP contribution in [0.15, 0.2) is 30.3 Å². The molecular weight excluding hydrogens is 250 g/mol. The van der Waals surface area contributed by atoms with Gasteiger partial charge in [0.15, 0.2) is 0 Å². The van der Waals surface area contributed by atoms with Gasteiger partial charge in [-0.05, 0) is 44.6 Å². The van der Waals surface area contributed by atoms with Gasteiger partial charge >= 0.3 is 0 Å². The molecule has 0 heterocycles. The summed E-state index contributed by atoms with van der Waals surface area (Å²) in [4.78, 5) is 14.4. The van der Waals surface area contributed by atoms with Gasteiger partial charge in [-0.2, -0.15) is 0 Å². The standard InChI is InChI=1S/C17H25NO2/c1-13(19)8-11-17(20)18(14(2)16-9-10-16)12-15-6-4-3-5-7-15/h3-7,13-14,16,19H,8-12H2,1-2H3. The monoisotopic (exact) mass is 275 g/mol. The van der Waals surface area contributed by atoms with E-state index >= 15 is 0 Å². The highest BCUT2D eigenvalue weighted by Crippen LogP contribution is 2.36. The maximum absolute atomic E-state index is 12.4. The first kappa shape index (κ1) is 15.0. The maximum atomic E-state index is 12.4. The lowest BCUT2D eigenvalue weighted by atomic mass is 10.1. The molecule has 2 rings (SSSR count). The summed E-state index contributed by atoms with van der Waals surface area (Å²) in [5.74, 6) is 0.823. The lowest BCUT2D eigenvalue weighted by Crippen LogP contribution is -2.39. The Bertz CT molecular complexity index is 426. The Morgan fingerprint density at radius 2 is 1.95 bits per heavy atom. The van der Waals surface area contributed by atoms with Crippen molar-refractivity contribution in [1.82, 2.24) is 4.90 Å². The zero-order chi connectivity index (χ0) is 14.5. The van der Waals surface area contributed by atoms with E-state index in [0.717, 1.165) is 0 Å². The molecule has 1 saturated carbocycles. The van der Waals surface area contributed by atoms with Crippen LogP contribution in [0.1, 0.15) is 45.1 Å². The Labute approximate surface area is 121 Å². The number of nitrogens with zero attached hydrogens (tertiary/aromatic N) is 1. The third-order valence-electron chi connectivity index (χ3n) is 4.09. The Morgan fingerprint density at radius 1 is 1.30 bits per heavy atom. The third kappa shape index (κ3) is 4.34. The molecule has 0 aromatic heterocycles. The van der Waals surface area contributed by atoms with Crippen molar-refractivity contribution in [2.24, 2.45) is 5.92 Å². The van der Waals surface area contributed by atoms with Crippen LogP contribution in [-0.4, -0.2) is 28.1 Å². The molecule has 1 aliphatic carbocycles. The number of aliphatic hydroxyl groups excluding tert-OH is 1. The van der Waals surface area contributed by atoms with E-state index in [-0.39, 0.29) is 5.91 Å². The molecule has 1 aromatic rings. The number of carbonyl (C=O) groups excluding carboxylic acids is 1. The van der Waals surface area contributed by atoms with Gasteiger partial charge in [-0.3, -0.25) is 4.79 Å². The molecule has 110 valence electrons. The van der Waals surface area contributed by atoms with Gasteiger partial charge < -0.3 is 10.0 Å². The number of amides is 1. The second-order valence-electron chi connectivity index (χ2n) is 5.97. The molecule has 0 spiro atoms. The Balaban J connectivity index is 2.02. The van der Waals surface area contributed by atoms with Gasteiger partial charge in [-0.1, -0.05) is 30.3 Å². The van der Waals surface area contributed by atoms with E-state index in [9.17, 15) is 9.90 Å². The van der Waals surface area contributed by atoms with Crippen LogP contribution < -0.4 is 0 Å². The molecule has 1 fully saturated rings. The summed E-state index contributed by atoms with van der Waals surface area (Å²) in [7, 11) is 0. The van der Waals surface area contributed by atoms with Crippen molar-refractivity contribution in [3.8, 4) is 0 Å². The predicted molar refractivity (Wildman–Crippen MR) is 80.1 cm³/mol. The first-order valence-corrected chi connectivity index (χ1v) is 7.59. The molecule has 0 aliphatic heterocycles. The SMILES string of the molecule is CC(O)CCC(=O)N(Cc1ccccc1)C(C)C1CC1. The predicted octanol–water partition coefficient (Wildman–Crippen LogP) is 2.97. The number of carbonyl (C=O) groups is 1. The minimum atomic E-state index is -0.409. The Morgan fingerprint density at radius 3 is 2.50 bits per heavy atom. The van der Waals surface area contributed by atoms with E-state index in [0.29, 0.717) is 31.3 Å². The van der Waals surface area contributed by atoms with E-state index in [4.69, 9.17) is 0 Å². The van der Waals surface area contributed by atoms with Crippen molar-refractivity contribution < 1.29 is 9.90 Å². The van der Waals surface area contributed by atoms with Gasteiger partial charge in [-0.15, -0.1) is 0 Å². The van der Waals surface area contributed by atoms with Gasteiger partial charge in [0.1, 0.15) is 0 Å². The van der Waals surface area contributed by atoms with Crippen LogP contribution in [0.3, 0.4) is 0 Å². The second kappa shape index (κ2) is 6.89. The normalized spacial score (nSPS) is 17.6. The number of benzene rings is 1. The highest BCUT2D eigenvalue weighted by atomic mass is 16.3. The van der Waals surface area contributed by atoms with Crippen LogP contribution in [0.4, 0.5) is 0 Å². The van der Waals surface area contributed by atoms with Crippen molar-refractivity contribution in [1.29, 1.82) is 0 Å². The number of rotatable bonds is 7. The summed E-state index contributed by atoms with van der Waals surface area (Å²) in [5.41, 5.74) is 1.17. The van der Waals surface area contributed by atoms with Gasteiger partial charge in [-0.25, -0.2) is 0 Å². The third-order valence-corrected chi connectivity index (χ3v) is 4.09. The van der Waals surface area contributed by atoms with Gasteiger partial charge in [0, 0.05) is 19.0 Å². The van der Waals surface area contributed by atoms with E-state index in [2.05, 4.69) is 19.1 Å². The van der Waals surface area contributed by atoms with Crippen LogP contribution in [0, 0.1) is 5.92 Å². The lowest BCUT2D eigenvalue weighted by Gasteiger charge is -2.30. The number of aliphatic hydroxyl groups is 1. The average molecular weight is 275 g/mol. The van der Waals surface area contributed by atoms with Crippen molar-refractivity contribution in [3.05, 3.63) is 35.9 Å². The minimum Gasteiger partial charge on any atom is -0.393 e. The molecular formula is C17H25NO2. The fourth-order valence-corrected chi connectivity index (χ4v) is 2.55. The molecule has 1 amide bonds. The van der Waals surface area contributed by atoms with E-state index in [1.165, 1.54) is 18.4 Å². The summed E-state index contributed by atoms with van der Waals surface area (Å²) in [6, 6.07) is 10.4. The van der Waals surface area contributed by atoms with Crippen LogP contribution in [0.5, 0.6) is 0 Å². The summed E-state index contributed by atoms with van der Waals surface area (Å²) in [6.07, 6.45) is 3.03. The highest BCUT2D eigenvalue weighted by molar-refractivity contribution is 5.76. The van der Waals surface area contributed by atoms with Crippen molar-refractivity contribution >= 4 is 5.91 Å². The molecule has 2 unspecified atom stereocenters. The first-order chi connectivity index (χ1) is 9.58. The van der Waals surface area contributed by atoms with Crippen LogP contribution in [0.2, 0.25) is 0 Å². The smallest absolute Gasteiger partial charge is 0.223 e. The van der Waals surface area contributed by atoms with Gasteiger partial charge in [0.25, 0.3) is 0 Å². The van der Waals surface area contributed by atoms with Gasteiger partial charge in [0.2, 0.25) is 5.91 Å². The van der Waals surface area contributed by atoms with Gasteiger partial charge in [0.05, 0.1) is 6.10 Å². The summed E-state index contributed by atoms with van der Waals surface area (Å²) in [5, 5.41) is 9.36. The van der Waals surface area contributed by atoms with E-state index in [1.54, 1.807) is 6.92 Å². The number of hydrogen-bond donors (Lipinski definition) is 1. The van der Waals surface area contributed by atoms with Crippen molar-refractivity contribution in [3.63, 3.8) is 0 Å². The van der Waals surface area contributed by atoms with Crippen LogP contribution in [0.25, 0.3) is 0 Å². The molecule has 0 saturated heterocycles. The van der Waals surface area contributed by atoms with Crippen LogP contribution in [-0.2, 0) is 11.3 Å². The van der Waals surface area contributed by atoms with E-state index < -0.39 is 6.10 Å². The summed E-state index contributed by atoms with van der Waals surface area (Å²) < 4.78 is 0. The first-order valence-electron chi connectivity index (χ1n) is 7.59. The zero-order valence-electron chi connectivity index (χ0n) is 12.5. The minimum absolute atomic E-state index is 0.161. The fourth-order valence-electron chi connectivity index (χ4n) is 2.55. The molecule has 0 bridgehead atoms. The lowest BCUT2D eigenvalue weighted by molar-refractivity contribution is -0.135. The molecule has 3 heteroatoms. The zero-order valence-corrected chi connectivity index (χ0v) is 12.5. The maximum Gasteiger partial charge on any atom is 0.223 e. The second-order valence-corrected chi connectivity index (χ2v) is 5.97. The molecule has 1 aliphatic rings. The Kier molecular flexibility index (Phi) is 5.18. The number of hydrogen-bond acceptors (Lipinski definition) is 2. The Hall–Kier alpha value is -1.35. The molecule has 1 aromatic carbocycles.